The summed E-state index contributed by atoms with van der Waals surface area (Å²) in [6, 6.07) is 13.1. The monoisotopic (exact) mass is 583 g/mol. The van der Waals surface area contributed by atoms with Crippen LogP contribution in [0.2, 0.25) is 0 Å². The van der Waals surface area contributed by atoms with E-state index in [0.717, 1.165) is 16.8 Å². The third-order valence-electron chi connectivity index (χ3n) is 5.59. The van der Waals surface area contributed by atoms with Crippen LogP contribution in [0, 0.1) is 0 Å². The van der Waals surface area contributed by atoms with Crippen molar-refractivity contribution in [3.8, 4) is 34.5 Å². The fourth-order valence-corrected chi connectivity index (χ4v) is 4.34. The van der Waals surface area contributed by atoms with Gasteiger partial charge in [0.25, 0.3) is 0 Å². The van der Waals surface area contributed by atoms with Crippen LogP contribution < -0.4 is 33.7 Å². The van der Waals surface area contributed by atoms with Crippen molar-refractivity contribution in [3.05, 3.63) is 75.9 Å². The maximum absolute atomic E-state index is 12.9. The van der Waals surface area contributed by atoms with E-state index in [2.05, 4.69) is 21.2 Å². The summed E-state index contributed by atoms with van der Waals surface area (Å²) in [5, 5.41) is 3.11. The molecule has 0 heterocycles. The molecular weight excluding hydrogens is 554 g/mol. The first-order valence-electron chi connectivity index (χ1n) is 11.4. The van der Waals surface area contributed by atoms with Crippen molar-refractivity contribution in [1.82, 2.24) is 0 Å². The highest BCUT2D eigenvalue weighted by Crippen LogP contribution is 2.45. The lowest BCUT2D eigenvalue weighted by Gasteiger charge is -2.15. The van der Waals surface area contributed by atoms with Crippen LogP contribution in [0.25, 0.3) is 12.2 Å². The number of allylic oxidation sites excluding steroid dienone is 1. The minimum atomic E-state index is -0.242. The lowest BCUT2D eigenvalue weighted by Crippen LogP contribution is -2.03. The Bertz CT molecular complexity index is 1310. The zero-order valence-electron chi connectivity index (χ0n) is 22.1. The van der Waals surface area contributed by atoms with Crippen molar-refractivity contribution in [1.29, 1.82) is 0 Å². The van der Waals surface area contributed by atoms with Gasteiger partial charge in [0.2, 0.25) is 11.5 Å². The smallest absolute Gasteiger partial charge is 0.204 e. The van der Waals surface area contributed by atoms with E-state index < -0.39 is 0 Å². The Morgan fingerprint density at radius 3 is 1.74 bits per heavy atom. The fourth-order valence-electron chi connectivity index (χ4n) is 3.68. The topological polar surface area (TPSA) is 84.5 Å². The number of methoxy groups -OCH3 is 6. The minimum Gasteiger partial charge on any atom is -0.493 e. The van der Waals surface area contributed by atoms with Crippen molar-refractivity contribution < 1.29 is 33.2 Å². The number of ketones is 1. The largest absolute Gasteiger partial charge is 0.493 e. The molecule has 0 fully saturated rings. The summed E-state index contributed by atoms with van der Waals surface area (Å²) >= 11 is 3.43. The van der Waals surface area contributed by atoms with Crippen molar-refractivity contribution >= 4 is 39.6 Å². The number of anilines is 1. The highest BCUT2D eigenvalue weighted by atomic mass is 79.9. The van der Waals surface area contributed by atoms with Crippen LogP contribution in [0.5, 0.6) is 34.5 Å². The second-order valence-corrected chi connectivity index (χ2v) is 8.56. The number of nitrogens with one attached hydrogen (secondary N) is 1. The van der Waals surface area contributed by atoms with E-state index in [4.69, 9.17) is 28.4 Å². The molecule has 38 heavy (non-hydrogen) atoms. The molecule has 0 aliphatic rings. The van der Waals surface area contributed by atoms with Crippen LogP contribution in [-0.2, 0) is 0 Å². The van der Waals surface area contributed by atoms with Gasteiger partial charge in [0, 0.05) is 23.5 Å². The van der Waals surface area contributed by atoms with Crippen LogP contribution in [-0.4, -0.2) is 48.4 Å². The van der Waals surface area contributed by atoms with Gasteiger partial charge in [-0.05, 0) is 57.4 Å². The molecule has 3 aromatic rings. The molecule has 3 aromatic carbocycles. The van der Waals surface area contributed by atoms with Gasteiger partial charge in [-0.3, -0.25) is 4.79 Å². The molecule has 0 radical (unpaired) electrons. The predicted octanol–water partition coefficient (Wildman–Crippen LogP) is 6.48. The third kappa shape index (κ3) is 6.41. The summed E-state index contributed by atoms with van der Waals surface area (Å²) in [6.07, 6.45) is 6.95. The summed E-state index contributed by atoms with van der Waals surface area (Å²) in [5.41, 5.74) is 3.10. The number of carbonyl (C=O) groups excluding carboxylic acids is 1. The van der Waals surface area contributed by atoms with E-state index in [-0.39, 0.29) is 5.78 Å². The first-order valence-corrected chi connectivity index (χ1v) is 12.2. The Labute approximate surface area is 230 Å². The highest BCUT2D eigenvalue weighted by molar-refractivity contribution is 9.10. The molecule has 0 amide bonds. The van der Waals surface area contributed by atoms with Crippen LogP contribution in [0.1, 0.15) is 21.5 Å². The fraction of sp³-hybridized carbons (Fsp3) is 0.207. The Kier molecular flexibility index (Phi) is 10.1. The Morgan fingerprint density at radius 2 is 1.21 bits per heavy atom. The van der Waals surface area contributed by atoms with Gasteiger partial charge in [-0.15, -0.1) is 0 Å². The predicted molar refractivity (Wildman–Crippen MR) is 152 cm³/mol. The molecule has 0 saturated carbocycles. The summed E-state index contributed by atoms with van der Waals surface area (Å²) in [5.74, 6) is 2.66. The molecule has 0 saturated heterocycles. The van der Waals surface area contributed by atoms with Gasteiger partial charge in [-0.2, -0.15) is 0 Å². The molecule has 0 aliphatic carbocycles. The van der Waals surface area contributed by atoms with E-state index in [0.29, 0.717) is 44.5 Å². The number of benzene rings is 3. The third-order valence-corrected chi connectivity index (χ3v) is 6.37. The lowest BCUT2D eigenvalue weighted by molar-refractivity contribution is 0.104. The number of rotatable bonds is 12. The molecule has 1 N–H and O–H groups in total. The van der Waals surface area contributed by atoms with Crippen molar-refractivity contribution in [2.45, 2.75) is 0 Å². The highest BCUT2D eigenvalue weighted by Gasteiger charge is 2.21. The van der Waals surface area contributed by atoms with E-state index >= 15 is 0 Å². The molecule has 0 aliphatic heterocycles. The average molecular weight is 584 g/mol. The van der Waals surface area contributed by atoms with E-state index in [1.807, 2.05) is 48.6 Å². The number of ether oxygens (including phenoxy) is 6. The van der Waals surface area contributed by atoms with Crippen LogP contribution in [0.4, 0.5) is 5.69 Å². The molecule has 9 heteroatoms. The summed E-state index contributed by atoms with van der Waals surface area (Å²) in [7, 11) is 9.25. The van der Waals surface area contributed by atoms with Crippen molar-refractivity contribution in [3.63, 3.8) is 0 Å². The Hall–Kier alpha value is -4.11. The lowest BCUT2D eigenvalue weighted by atomic mass is 10.1. The second-order valence-electron chi connectivity index (χ2n) is 7.76. The molecule has 0 bridgehead atoms. The van der Waals surface area contributed by atoms with Gasteiger partial charge >= 0.3 is 0 Å². The molecule has 0 aromatic heterocycles. The number of hydrogen-bond donors (Lipinski definition) is 1. The average Bonchev–Trinajstić information content (AvgIpc) is 2.95. The summed E-state index contributed by atoms with van der Waals surface area (Å²) in [4.78, 5) is 12.9. The summed E-state index contributed by atoms with van der Waals surface area (Å²) < 4.78 is 32.8. The quantitative estimate of drug-likeness (QED) is 0.147. The van der Waals surface area contributed by atoms with E-state index in [1.165, 1.54) is 27.4 Å². The molecular formula is C29H30BrNO7. The zero-order chi connectivity index (χ0) is 27.7. The molecule has 8 nitrogen and oxygen atoms in total. The van der Waals surface area contributed by atoms with E-state index in [1.54, 1.807) is 33.6 Å². The van der Waals surface area contributed by atoms with Gasteiger partial charge in [-0.1, -0.05) is 24.3 Å². The number of hydrogen-bond acceptors (Lipinski definition) is 8. The first-order chi connectivity index (χ1) is 18.4. The maximum Gasteiger partial charge on any atom is 0.204 e. The molecule has 0 atom stereocenters. The zero-order valence-corrected chi connectivity index (χ0v) is 23.7. The van der Waals surface area contributed by atoms with Crippen molar-refractivity contribution in [2.24, 2.45) is 0 Å². The Balaban J connectivity index is 1.70. The van der Waals surface area contributed by atoms with Gasteiger partial charge in [0.1, 0.15) is 0 Å². The van der Waals surface area contributed by atoms with Gasteiger partial charge < -0.3 is 33.7 Å². The summed E-state index contributed by atoms with van der Waals surface area (Å²) in [6.45, 7) is 0. The van der Waals surface area contributed by atoms with Crippen molar-refractivity contribution in [2.75, 3.05) is 48.0 Å². The van der Waals surface area contributed by atoms with Crippen LogP contribution >= 0.6 is 15.9 Å². The van der Waals surface area contributed by atoms with Crippen LogP contribution in [0.15, 0.2) is 59.2 Å². The normalized spacial score (nSPS) is 10.9. The maximum atomic E-state index is 12.9. The van der Waals surface area contributed by atoms with E-state index in [9.17, 15) is 4.79 Å². The molecule has 3 rings (SSSR count). The second kappa shape index (κ2) is 13.4. The first kappa shape index (κ1) is 28.5. The molecule has 200 valence electrons. The number of carbonyl (C=O) groups is 1. The van der Waals surface area contributed by atoms with Gasteiger partial charge in [0.15, 0.2) is 28.8 Å². The SMILES string of the molecule is COc1cc(/C=C\c2ccc(N/C=C\C(=O)c3cc(OC)c(OC)c(OC)c3Br)cc2)cc(OC)c1OC. The van der Waals surface area contributed by atoms with Gasteiger partial charge in [0.05, 0.1) is 47.1 Å². The molecule has 0 spiro atoms. The minimum absolute atomic E-state index is 0.242. The number of halogens is 1. The Morgan fingerprint density at radius 1 is 0.684 bits per heavy atom. The van der Waals surface area contributed by atoms with Crippen LogP contribution in [0.3, 0.4) is 0 Å². The van der Waals surface area contributed by atoms with Gasteiger partial charge in [-0.25, -0.2) is 0 Å². The molecule has 0 unspecified atom stereocenters. The standard InChI is InChI=1S/C29H30BrNO7/c1-33-23-15-19(16-24(34-2)27(23)36-4)8-7-18-9-11-20(12-10-18)31-14-13-22(32)21-17-25(35-3)28(37-5)29(38-6)26(21)30/h7-17,31H,1-6H3/b8-7-,14-13-.